The van der Waals surface area contributed by atoms with Crippen LogP contribution in [-0.4, -0.2) is 22.3 Å². The molecule has 0 saturated heterocycles. The molecule has 0 aromatic carbocycles. The highest BCUT2D eigenvalue weighted by molar-refractivity contribution is 5.91. The van der Waals surface area contributed by atoms with Crippen LogP contribution in [0, 0.1) is 5.41 Å². The minimum Gasteiger partial charge on any atom is -0.388 e. The molecule has 2 saturated carbocycles. The van der Waals surface area contributed by atoms with Crippen LogP contribution in [-0.2, 0) is 9.59 Å². The third-order valence-electron chi connectivity index (χ3n) is 4.34. The predicted molar refractivity (Wildman–Crippen MR) is 55.4 cm³/mol. The third kappa shape index (κ3) is 1.36. The molecule has 2 atom stereocenters. The molecular weight excluding hydrogens is 192 g/mol. The van der Waals surface area contributed by atoms with Gasteiger partial charge in [-0.3, -0.25) is 9.59 Å². The number of hydrogen-bond acceptors (Lipinski definition) is 3. The van der Waals surface area contributed by atoms with E-state index in [-0.39, 0.29) is 18.0 Å². The normalized spacial score (nSPS) is 41.5. The second-order valence-corrected chi connectivity index (χ2v) is 4.96. The number of Topliss-reactive ketones (excluding diaryl/α,β-unsaturated/α-hetero) is 2. The molecule has 0 aliphatic heterocycles. The number of carbonyl (C=O) groups is 2. The first-order chi connectivity index (χ1) is 7.04. The summed E-state index contributed by atoms with van der Waals surface area (Å²) in [6.45, 7) is 1.95. The van der Waals surface area contributed by atoms with Crippen LogP contribution in [0.2, 0.25) is 0 Å². The van der Waals surface area contributed by atoms with Crippen molar-refractivity contribution in [1.29, 1.82) is 0 Å². The highest BCUT2D eigenvalue weighted by Crippen LogP contribution is 2.52. The van der Waals surface area contributed by atoms with Crippen molar-refractivity contribution in [2.24, 2.45) is 5.41 Å². The Labute approximate surface area is 89.9 Å². The van der Waals surface area contributed by atoms with E-state index in [1.807, 2.05) is 6.92 Å². The Bertz CT molecular complexity index is 310. The maximum absolute atomic E-state index is 12.0. The zero-order valence-electron chi connectivity index (χ0n) is 9.21. The first-order valence-electron chi connectivity index (χ1n) is 5.81. The minimum atomic E-state index is -1.04. The smallest absolute Gasteiger partial charge is 0.141 e. The first-order valence-corrected chi connectivity index (χ1v) is 5.81. The van der Waals surface area contributed by atoms with E-state index in [1.54, 1.807) is 0 Å². The molecular formula is C12H18O3. The lowest BCUT2D eigenvalue weighted by Crippen LogP contribution is -2.59. The zero-order chi connectivity index (χ0) is 11.1. The monoisotopic (exact) mass is 210 g/mol. The lowest BCUT2D eigenvalue weighted by molar-refractivity contribution is -0.172. The van der Waals surface area contributed by atoms with Crippen LogP contribution >= 0.6 is 0 Å². The summed E-state index contributed by atoms with van der Waals surface area (Å²) in [6.07, 6.45) is 3.77. The molecule has 0 aromatic rings. The Morgan fingerprint density at radius 2 is 2.00 bits per heavy atom. The summed E-state index contributed by atoms with van der Waals surface area (Å²) < 4.78 is 0. The number of hydrogen-bond donors (Lipinski definition) is 1. The van der Waals surface area contributed by atoms with Gasteiger partial charge in [-0.1, -0.05) is 6.92 Å². The first kappa shape index (κ1) is 10.8. The van der Waals surface area contributed by atoms with Crippen molar-refractivity contribution in [3.8, 4) is 0 Å². The highest BCUT2D eigenvalue weighted by atomic mass is 16.3. The summed E-state index contributed by atoms with van der Waals surface area (Å²) in [4.78, 5) is 23.4. The Morgan fingerprint density at radius 1 is 1.27 bits per heavy atom. The molecule has 1 N–H and O–H groups in total. The van der Waals surface area contributed by atoms with E-state index in [9.17, 15) is 14.7 Å². The van der Waals surface area contributed by atoms with Crippen molar-refractivity contribution < 1.29 is 14.7 Å². The van der Waals surface area contributed by atoms with Crippen molar-refractivity contribution in [1.82, 2.24) is 0 Å². The van der Waals surface area contributed by atoms with Crippen LogP contribution < -0.4 is 0 Å². The fourth-order valence-electron chi connectivity index (χ4n) is 3.38. The van der Waals surface area contributed by atoms with Gasteiger partial charge >= 0.3 is 0 Å². The molecule has 3 heteroatoms. The van der Waals surface area contributed by atoms with Crippen molar-refractivity contribution in [3.63, 3.8) is 0 Å². The molecule has 2 aliphatic rings. The van der Waals surface area contributed by atoms with Gasteiger partial charge in [0.1, 0.15) is 11.6 Å². The molecule has 2 aliphatic carbocycles. The molecule has 0 aromatic heterocycles. The molecule has 0 radical (unpaired) electrons. The van der Waals surface area contributed by atoms with Gasteiger partial charge in [0.25, 0.3) is 0 Å². The third-order valence-corrected chi connectivity index (χ3v) is 4.34. The van der Waals surface area contributed by atoms with Crippen LogP contribution in [0.25, 0.3) is 0 Å². The van der Waals surface area contributed by atoms with Gasteiger partial charge in [0, 0.05) is 19.3 Å². The van der Waals surface area contributed by atoms with Gasteiger partial charge < -0.3 is 5.11 Å². The lowest BCUT2D eigenvalue weighted by atomic mass is 9.54. The Kier molecular flexibility index (Phi) is 2.45. The summed E-state index contributed by atoms with van der Waals surface area (Å²) in [6, 6.07) is 0. The van der Waals surface area contributed by atoms with Gasteiger partial charge in [-0.15, -0.1) is 0 Å². The van der Waals surface area contributed by atoms with Crippen molar-refractivity contribution in [3.05, 3.63) is 0 Å². The van der Waals surface area contributed by atoms with E-state index in [2.05, 4.69) is 0 Å². The molecule has 3 nitrogen and oxygen atoms in total. The fraction of sp³-hybridized carbons (Fsp3) is 0.833. The predicted octanol–water partition coefficient (Wildman–Crippen LogP) is 1.62. The Morgan fingerprint density at radius 3 is 2.67 bits per heavy atom. The van der Waals surface area contributed by atoms with E-state index in [0.717, 1.165) is 6.42 Å². The van der Waals surface area contributed by atoms with Gasteiger partial charge in [-0.2, -0.15) is 0 Å². The molecule has 0 spiro atoms. The maximum atomic E-state index is 12.0. The van der Waals surface area contributed by atoms with Gasteiger partial charge in [0.15, 0.2) is 0 Å². The van der Waals surface area contributed by atoms with Crippen LogP contribution in [0.3, 0.4) is 0 Å². The maximum Gasteiger partial charge on any atom is 0.141 e. The molecule has 0 heterocycles. The highest BCUT2D eigenvalue weighted by Gasteiger charge is 2.58. The lowest BCUT2D eigenvalue weighted by Gasteiger charge is -2.51. The fourth-order valence-corrected chi connectivity index (χ4v) is 3.38. The number of rotatable bonds is 1. The number of ketones is 2. The minimum absolute atomic E-state index is 0.108. The standard InChI is InChI=1S/C12H18O3/c1-2-11-7-5-9(13)8-12(11,15)6-3-4-10(11)14/h15H,2-8H2,1H3/t11-,12+/m0/s1. The summed E-state index contributed by atoms with van der Waals surface area (Å²) in [5.74, 6) is 0.280. The molecule has 2 rings (SSSR count). The van der Waals surface area contributed by atoms with E-state index in [1.165, 1.54) is 0 Å². The number of carbonyl (C=O) groups excluding carboxylic acids is 2. The van der Waals surface area contributed by atoms with E-state index in [4.69, 9.17) is 0 Å². The van der Waals surface area contributed by atoms with Crippen LogP contribution in [0.1, 0.15) is 51.9 Å². The van der Waals surface area contributed by atoms with Gasteiger partial charge in [0.05, 0.1) is 11.0 Å². The number of fused-ring (bicyclic) bond motifs is 1. The molecule has 15 heavy (non-hydrogen) atoms. The second kappa shape index (κ2) is 3.41. The van der Waals surface area contributed by atoms with E-state index in [0.29, 0.717) is 32.1 Å². The Balaban J connectivity index is 2.39. The van der Waals surface area contributed by atoms with Crippen LogP contribution in [0.15, 0.2) is 0 Å². The molecule has 0 bridgehead atoms. The summed E-state index contributed by atoms with van der Waals surface area (Å²) in [5.41, 5.74) is -1.65. The zero-order valence-corrected chi connectivity index (χ0v) is 9.21. The van der Waals surface area contributed by atoms with Crippen LogP contribution in [0.4, 0.5) is 0 Å². The quantitative estimate of drug-likeness (QED) is 0.715. The van der Waals surface area contributed by atoms with Crippen LogP contribution in [0.5, 0.6) is 0 Å². The topological polar surface area (TPSA) is 54.4 Å². The molecule has 0 amide bonds. The van der Waals surface area contributed by atoms with Crippen molar-refractivity contribution in [2.45, 2.75) is 57.5 Å². The van der Waals surface area contributed by atoms with Gasteiger partial charge in [-0.25, -0.2) is 0 Å². The molecule has 84 valence electrons. The SMILES string of the molecule is CC[C@@]12CCC(=O)C[C@]1(O)CCCC2=O. The average Bonchev–Trinajstić information content (AvgIpc) is 2.17. The van der Waals surface area contributed by atoms with Gasteiger partial charge in [0.2, 0.25) is 0 Å². The molecule has 2 fully saturated rings. The summed E-state index contributed by atoms with van der Waals surface area (Å²) in [5, 5.41) is 10.5. The summed E-state index contributed by atoms with van der Waals surface area (Å²) in [7, 11) is 0. The van der Waals surface area contributed by atoms with Gasteiger partial charge in [-0.05, 0) is 25.7 Å². The van der Waals surface area contributed by atoms with Crippen molar-refractivity contribution >= 4 is 11.6 Å². The largest absolute Gasteiger partial charge is 0.388 e. The van der Waals surface area contributed by atoms with E-state index < -0.39 is 11.0 Å². The Hall–Kier alpha value is -0.700. The summed E-state index contributed by atoms with van der Waals surface area (Å²) >= 11 is 0. The van der Waals surface area contributed by atoms with Crippen molar-refractivity contribution in [2.75, 3.05) is 0 Å². The number of aliphatic hydroxyl groups is 1. The average molecular weight is 210 g/mol. The second-order valence-electron chi connectivity index (χ2n) is 4.96. The van der Waals surface area contributed by atoms with E-state index >= 15 is 0 Å². The molecule has 0 unspecified atom stereocenters.